The number of carbonyl (C=O) groups excluding carboxylic acids is 1. The number of carbonyl (C=O) groups is 1. The van der Waals surface area contributed by atoms with Gasteiger partial charge in [0.25, 0.3) is 10.0 Å². The third kappa shape index (κ3) is 2.99. The number of hydrogen-bond donors (Lipinski definition) is 0. The van der Waals surface area contributed by atoms with Gasteiger partial charge in [0.1, 0.15) is 5.82 Å². The molecular formula is C17H16FNO3S. The van der Waals surface area contributed by atoms with Gasteiger partial charge in [0, 0.05) is 18.9 Å². The Hall–Kier alpha value is -2.21. The fourth-order valence-electron chi connectivity index (χ4n) is 2.71. The summed E-state index contributed by atoms with van der Waals surface area (Å²) in [6.45, 7) is 1.95. The number of hydrogen-bond acceptors (Lipinski definition) is 3. The molecule has 3 rings (SSSR count). The molecule has 2 aromatic rings. The molecule has 0 saturated carbocycles. The number of halogens is 1. The van der Waals surface area contributed by atoms with E-state index in [2.05, 4.69) is 0 Å². The molecule has 1 saturated heterocycles. The average Bonchev–Trinajstić information content (AvgIpc) is 2.91. The Labute approximate surface area is 134 Å². The molecule has 23 heavy (non-hydrogen) atoms. The normalized spacial score (nSPS) is 18.4. The molecule has 0 bridgehead atoms. The molecule has 120 valence electrons. The van der Waals surface area contributed by atoms with Crippen LogP contribution >= 0.6 is 0 Å². The van der Waals surface area contributed by atoms with E-state index in [1.54, 1.807) is 24.3 Å². The van der Waals surface area contributed by atoms with Gasteiger partial charge >= 0.3 is 0 Å². The fraction of sp³-hybridized carbons (Fsp3) is 0.235. The second-order valence-corrected chi connectivity index (χ2v) is 7.56. The molecule has 0 unspecified atom stereocenters. The van der Waals surface area contributed by atoms with Gasteiger partial charge in [-0.3, -0.25) is 4.79 Å². The molecular weight excluding hydrogens is 317 g/mol. The van der Waals surface area contributed by atoms with Crippen LogP contribution < -0.4 is 0 Å². The largest absolute Gasteiger partial charge is 0.274 e. The average molecular weight is 333 g/mol. The van der Waals surface area contributed by atoms with Crippen molar-refractivity contribution < 1.29 is 17.6 Å². The maximum Gasteiger partial charge on any atom is 0.266 e. The van der Waals surface area contributed by atoms with Gasteiger partial charge in [0.15, 0.2) is 0 Å². The molecule has 1 aliphatic rings. The van der Waals surface area contributed by atoms with E-state index < -0.39 is 15.9 Å². The highest BCUT2D eigenvalue weighted by atomic mass is 32.2. The second-order valence-electron chi connectivity index (χ2n) is 5.70. The third-order valence-electron chi connectivity index (χ3n) is 4.04. The highest BCUT2D eigenvalue weighted by Crippen LogP contribution is 2.32. The van der Waals surface area contributed by atoms with Crippen molar-refractivity contribution in [1.29, 1.82) is 0 Å². The lowest BCUT2D eigenvalue weighted by molar-refractivity contribution is -0.123. The third-order valence-corrected chi connectivity index (χ3v) is 5.84. The zero-order valence-corrected chi connectivity index (χ0v) is 13.4. The summed E-state index contributed by atoms with van der Waals surface area (Å²) in [5.41, 5.74) is 1.71. The van der Waals surface area contributed by atoms with Crippen molar-refractivity contribution in [3.63, 3.8) is 0 Å². The predicted molar refractivity (Wildman–Crippen MR) is 83.8 cm³/mol. The lowest BCUT2D eigenvalue weighted by atomic mass is 9.98. The standard InChI is InChI=1S/C17H16FNO3S/c1-12-2-8-16(9-3-12)23(21,22)19-11-14(10-17(19)20)13-4-6-15(18)7-5-13/h2-9,14H,10-11H2,1H3/t14-/m0/s1. The van der Waals surface area contributed by atoms with E-state index in [1.807, 2.05) is 6.92 Å². The molecule has 1 heterocycles. The van der Waals surface area contributed by atoms with E-state index in [4.69, 9.17) is 0 Å². The maximum atomic E-state index is 13.0. The molecule has 4 nitrogen and oxygen atoms in total. The molecule has 1 amide bonds. The predicted octanol–water partition coefficient (Wildman–Crippen LogP) is 2.84. The zero-order valence-electron chi connectivity index (χ0n) is 12.6. The Bertz CT molecular complexity index is 829. The Morgan fingerprint density at radius 3 is 2.26 bits per heavy atom. The van der Waals surface area contributed by atoms with Crippen molar-refractivity contribution in [3.05, 3.63) is 65.5 Å². The zero-order chi connectivity index (χ0) is 16.6. The van der Waals surface area contributed by atoms with Gasteiger partial charge in [0.2, 0.25) is 5.91 Å². The van der Waals surface area contributed by atoms with Crippen molar-refractivity contribution in [2.75, 3.05) is 6.54 Å². The first-order chi connectivity index (χ1) is 10.9. The van der Waals surface area contributed by atoms with Crippen LogP contribution in [-0.4, -0.2) is 25.2 Å². The molecule has 0 radical (unpaired) electrons. The number of nitrogens with zero attached hydrogens (tertiary/aromatic N) is 1. The SMILES string of the molecule is Cc1ccc(S(=O)(=O)N2C[C@@H](c3ccc(F)cc3)CC2=O)cc1. The number of rotatable bonds is 3. The molecule has 1 fully saturated rings. The summed E-state index contributed by atoms with van der Waals surface area (Å²) in [7, 11) is -3.84. The minimum atomic E-state index is -3.84. The molecule has 1 atom stereocenters. The highest BCUT2D eigenvalue weighted by molar-refractivity contribution is 7.89. The monoisotopic (exact) mass is 333 g/mol. The van der Waals surface area contributed by atoms with Crippen molar-refractivity contribution in [2.45, 2.75) is 24.2 Å². The van der Waals surface area contributed by atoms with Crippen molar-refractivity contribution >= 4 is 15.9 Å². The van der Waals surface area contributed by atoms with Gasteiger partial charge in [-0.25, -0.2) is 17.1 Å². The van der Waals surface area contributed by atoms with E-state index in [9.17, 15) is 17.6 Å². The van der Waals surface area contributed by atoms with E-state index in [-0.39, 0.29) is 29.6 Å². The Morgan fingerprint density at radius 2 is 1.65 bits per heavy atom. The van der Waals surface area contributed by atoms with Gasteiger partial charge in [-0.2, -0.15) is 0 Å². The van der Waals surface area contributed by atoms with Crippen LogP contribution in [0.3, 0.4) is 0 Å². The fourth-order valence-corrected chi connectivity index (χ4v) is 4.16. The van der Waals surface area contributed by atoms with Crippen LogP contribution in [0.2, 0.25) is 0 Å². The first kappa shape index (κ1) is 15.7. The Morgan fingerprint density at radius 1 is 1.04 bits per heavy atom. The van der Waals surface area contributed by atoms with Gasteiger partial charge in [-0.1, -0.05) is 29.8 Å². The minimum absolute atomic E-state index is 0.0840. The first-order valence-electron chi connectivity index (χ1n) is 7.25. The summed E-state index contributed by atoms with van der Waals surface area (Å²) < 4.78 is 39.2. The topological polar surface area (TPSA) is 54.5 Å². The molecule has 0 spiro atoms. The minimum Gasteiger partial charge on any atom is -0.274 e. The molecule has 0 N–H and O–H groups in total. The summed E-state index contributed by atoms with van der Waals surface area (Å²) >= 11 is 0. The van der Waals surface area contributed by atoms with E-state index in [0.717, 1.165) is 15.4 Å². The van der Waals surface area contributed by atoms with Crippen LogP contribution in [0.15, 0.2) is 53.4 Å². The quantitative estimate of drug-likeness (QED) is 0.868. The molecule has 1 aliphatic heterocycles. The summed E-state index contributed by atoms with van der Waals surface area (Å²) in [6, 6.07) is 12.2. The van der Waals surface area contributed by atoms with Crippen LogP contribution in [0.4, 0.5) is 4.39 Å². The van der Waals surface area contributed by atoms with Crippen LogP contribution in [0.5, 0.6) is 0 Å². The molecule has 0 aliphatic carbocycles. The summed E-state index contributed by atoms with van der Waals surface area (Å²) in [5.74, 6) is -1.04. The Kier molecular flexibility index (Phi) is 3.93. The van der Waals surface area contributed by atoms with Crippen LogP contribution in [0.1, 0.15) is 23.5 Å². The van der Waals surface area contributed by atoms with E-state index in [0.29, 0.717) is 0 Å². The van der Waals surface area contributed by atoms with Gasteiger partial charge in [0.05, 0.1) is 4.90 Å². The Balaban J connectivity index is 1.87. The van der Waals surface area contributed by atoms with Gasteiger partial charge < -0.3 is 0 Å². The molecule has 6 heteroatoms. The van der Waals surface area contributed by atoms with Crippen LogP contribution in [-0.2, 0) is 14.8 Å². The maximum absolute atomic E-state index is 13.0. The number of benzene rings is 2. The number of aryl methyl sites for hydroxylation is 1. The molecule has 2 aromatic carbocycles. The number of amides is 1. The van der Waals surface area contributed by atoms with Gasteiger partial charge in [-0.05, 0) is 36.8 Å². The van der Waals surface area contributed by atoms with Crippen LogP contribution in [0.25, 0.3) is 0 Å². The van der Waals surface area contributed by atoms with E-state index in [1.165, 1.54) is 24.3 Å². The smallest absolute Gasteiger partial charge is 0.266 e. The lowest BCUT2D eigenvalue weighted by Gasteiger charge is -2.17. The van der Waals surface area contributed by atoms with E-state index >= 15 is 0 Å². The highest BCUT2D eigenvalue weighted by Gasteiger charge is 2.38. The van der Waals surface area contributed by atoms with Crippen molar-refractivity contribution in [3.8, 4) is 0 Å². The summed E-state index contributed by atoms with van der Waals surface area (Å²) in [4.78, 5) is 12.3. The summed E-state index contributed by atoms with van der Waals surface area (Å²) in [5, 5.41) is 0. The van der Waals surface area contributed by atoms with Crippen LogP contribution in [0, 0.1) is 12.7 Å². The van der Waals surface area contributed by atoms with Crippen molar-refractivity contribution in [2.24, 2.45) is 0 Å². The molecule has 0 aromatic heterocycles. The number of sulfonamides is 1. The van der Waals surface area contributed by atoms with Gasteiger partial charge in [-0.15, -0.1) is 0 Å². The first-order valence-corrected chi connectivity index (χ1v) is 8.69. The van der Waals surface area contributed by atoms with Crippen molar-refractivity contribution in [1.82, 2.24) is 4.31 Å². The second kappa shape index (κ2) is 5.77. The lowest BCUT2D eigenvalue weighted by Crippen LogP contribution is -2.32. The summed E-state index contributed by atoms with van der Waals surface area (Å²) in [6.07, 6.45) is 0.108.